The summed E-state index contributed by atoms with van der Waals surface area (Å²) in [6.45, 7) is -0.298. The Kier molecular flexibility index (Phi) is 5.89. The Bertz CT molecular complexity index is 837. The maximum atomic E-state index is 12.6. The van der Waals surface area contributed by atoms with E-state index in [4.69, 9.17) is 0 Å². The maximum absolute atomic E-state index is 12.6. The smallest absolute Gasteiger partial charge is 0.376 e. The van der Waals surface area contributed by atoms with Crippen LogP contribution in [0.4, 0.5) is 24.5 Å². The van der Waals surface area contributed by atoms with Gasteiger partial charge in [-0.05, 0) is 18.2 Å². The van der Waals surface area contributed by atoms with Crippen molar-refractivity contribution in [2.24, 2.45) is 5.10 Å². The van der Waals surface area contributed by atoms with Crippen molar-refractivity contribution in [1.82, 2.24) is 5.43 Å². The number of rotatable bonds is 6. The number of carbonyl (C=O) groups excluding carboxylic acids is 1. The third kappa shape index (κ3) is 5.58. The molecule has 2 N–H and O–H groups in total. The van der Waals surface area contributed by atoms with Crippen LogP contribution in [0, 0.1) is 10.1 Å². The lowest BCUT2D eigenvalue weighted by Crippen LogP contribution is -2.26. The van der Waals surface area contributed by atoms with Crippen molar-refractivity contribution in [2.75, 3.05) is 11.9 Å². The predicted molar refractivity (Wildman–Crippen MR) is 88.8 cm³/mol. The summed E-state index contributed by atoms with van der Waals surface area (Å²) in [6.07, 6.45) is -3.25. The molecule has 136 valence electrons. The summed E-state index contributed by atoms with van der Waals surface area (Å²) in [7, 11) is 0. The van der Waals surface area contributed by atoms with Crippen LogP contribution in [-0.2, 0) is 11.0 Å². The van der Waals surface area contributed by atoms with Crippen molar-refractivity contribution in [3.8, 4) is 0 Å². The van der Waals surface area contributed by atoms with Gasteiger partial charge in [-0.2, -0.15) is 18.3 Å². The molecule has 10 heteroatoms. The first-order chi connectivity index (χ1) is 12.3. The Labute approximate surface area is 145 Å². The van der Waals surface area contributed by atoms with Crippen LogP contribution < -0.4 is 10.7 Å². The highest BCUT2D eigenvalue weighted by atomic mass is 19.4. The van der Waals surface area contributed by atoms with Crippen LogP contribution in [0.1, 0.15) is 11.1 Å². The standard InChI is InChI=1S/C16H13F3N4O3/c17-16(18,19)12-4-2-5-13(8-12)20-10-15(24)22-21-9-11-3-1-6-14(7-11)23(25)26/h1-9,20H,10H2,(H,22,24)/b21-9-. The third-order valence-electron chi connectivity index (χ3n) is 3.13. The Hall–Kier alpha value is -3.43. The van der Waals surface area contributed by atoms with Crippen molar-refractivity contribution in [1.29, 1.82) is 0 Å². The number of non-ortho nitro benzene ring substituents is 1. The van der Waals surface area contributed by atoms with E-state index in [-0.39, 0.29) is 17.9 Å². The fourth-order valence-electron chi connectivity index (χ4n) is 1.92. The molecule has 0 unspecified atom stereocenters. The number of nitro groups is 1. The highest BCUT2D eigenvalue weighted by Gasteiger charge is 2.30. The molecule has 0 aliphatic rings. The molecule has 0 aromatic heterocycles. The second-order valence-corrected chi connectivity index (χ2v) is 5.08. The third-order valence-corrected chi connectivity index (χ3v) is 3.13. The molecule has 2 aromatic carbocycles. The van der Waals surface area contributed by atoms with Gasteiger partial charge in [-0.15, -0.1) is 0 Å². The molecule has 0 atom stereocenters. The number of amides is 1. The molecule has 0 aliphatic heterocycles. The SMILES string of the molecule is O=C(CNc1cccc(C(F)(F)F)c1)N/N=C\c1cccc([N+](=O)[O-])c1. The number of hydrazone groups is 1. The molecule has 0 aliphatic carbocycles. The van der Waals surface area contributed by atoms with Crippen molar-refractivity contribution in [3.63, 3.8) is 0 Å². The normalized spacial score (nSPS) is 11.3. The Morgan fingerprint density at radius 2 is 1.92 bits per heavy atom. The minimum atomic E-state index is -4.47. The molecule has 26 heavy (non-hydrogen) atoms. The summed E-state index contributed by atoms with van der Waals surface area (Å²) in [6, 6.07) is 10.1. The van der Waals surface area contributed by atoms with Crippen LogP contribution in [0.15, 0.2) is 53.6 Å². The topological polar surface area (TPSA) is 96.6 Å². The van der Waals surface area contributed by atoms with Crippen LogP contribution in [-0.4, -0.2) is 23.6 Å². The van der Waals surface area contributed by atoms with E-state index < -0.39 is 22.6 Å². The largest absolute Gasteiger partial charge is 0.416 e. The van der Waals surface area contributed by atoms with Crippen molar-refractivity contribution in [3.05, 3.63) is 69.8 Å². The monoisotopic (exact) mass is 366 g/mol. The molecule has 2 aromatic rings. The van der Waals surface area contributed by atoms with Gasteiger partial charge in [0.25, 0.3) is 11.6 Å². The van der Waals surface area contributed by atoms with Gasteiger partial charge in [0, 0.05) is 23.4 Å². The zero-order valence-electron chi connectivity index (χ0n) is 13.2. The van der Waals surface area contributed by atoms with Gasteiger partial charge in [0.1, 0.15) is 0 Å². The van der Waals surface area contributed by atoms with Gasteiger partial charge in [-0.3, -0.25) is 14.9 Å². The molecular weight excluding hydrogens is 353 g/mol. The van der Waals surface area contributed by atoms with Gasteiger partial charge < -0.3 is 5.32 Å². The number of alkyl halides is 3. The van der Waals surface area contributed by atoms with Gasteiger partial charge >= 0.3 is 6.18 Å². The quantitative estimate of drug-likeness (QED) is 0.466. The molecule has 2 rings (SSSR count). The lowest BCUT2D eigenvalue weighted by molar-refractivity contribution is -0.384. The van der Waals surface area contributed by atoms with Crippen LogP contribution in [0.5, 0.6) is 0 Å². The van der Waals surface area contributed by atoms with E-state index in [2.05, 4.69) is 15.8 Å². The number of halogens is 3. The lowest BCUT2D eigenvalue weighted by Gasteiger charge is -2.10. The van der Waals surface area contributed by atoms with Gasteiger partial charge in [0.05, 0.1) is 23.2 Å². The first kappa shape index (κ1) is 18.9. The number of anilines is 1. The first-order valence-corrected chi connectivity index (χ1v) is 7.23. The van der Waals surface area contributed by atoms with Crippen LogP contribution >= 0.6 is 0 Å². The summed E-state index contributed by atoms with van der Waals surface area (Å²) in [5.74, 6) is -0.593. The Morgan fingerprint density at radius 1 is 1.19 bits per heavy atom. The highest BCUT2D eigenvalue weighted by molar-refractivity contribution is 5.84. The van der Waals surface area contributed by atoms with Gasteiger partial charge in [-0.1, -0.05) is 18.2 Å². The summed E-state index contributed by atoms with van der Waals surface area (Å²) >= 11 is 0. The molecule has 0 spiro atoms. The molecule has 0 bridgehead atoms. The van der Waals surface area contributed by atoms with E-state index in [1.54, 1.807) is 6.07 Å². The summed E-state index contributed by atoms with van der Waals surface area (Å²) in [5.41, 5.74) is 1.77. The average Bonchev–Trinajstić information content (AvgIpc) is 2.60. The highest BCUT2D eigenvalue weighted by Crippen LogP contribution is 2.30. The number of nitrogens with zero attached hydrogens (tertiary/aromatic N) is 2. The number of nitro benzene ring substituents is 1. The van der Waals surface area contributed by atoms with E-state index >= 15 is 0 Å². The zero-order valence-corrected chi connectivity index (χ0v) is 13.2. The second kappa shape index (κ2) is 8.10. The predicted octanol–water partition coefficient (Wildman–Crippen LogP) is 3.18. The van der Waals surface area contributed by atoms with Crippen molar-refractivity contribution >= 4 is 23.5 Å². The van der Waals surface area contributed by atoms with Gasteiger partial charge in [-0.25, -0.2) is 5.43 Å². The number of hydrogen-bond donors (Lipinski definition) is 2. The molecule has 0 fully saturated rings. The van der Waals surface area contributed by atoms with E-state index in [0.29, 0.717) is 5.56 Å². The van der Waals surface area contributed by atoms with Crippen LogP contribution in [0.3, 0.4) is 0 Å². The van der Waals surface area contributed by atoms with Gasteiger partial charge in [0.2, 0.25) is 0 Å². The Balaban J connectivity index is 1.88. The number of carbonyl (C=O) groups is 1. The molecule has 1 amide bonds. The summed E-state index contributed by atoms with van der Waals surface area (Å²) in [4.78, 5) is 21.7. The maximum Gasteiger partial charge on any atom is 0.416 e. The number of benzene rings is 2. The first-order valence-electron chi connectivity index (χ1n) is 7.23. The lowest BCUT2D eigenvalue weighted by atomic mass is 10.2. The summed E-state index contributed by atoms with van der Waals surface area (Å²) < 4.78 is 37.8. The van der Waals surface area contributed by atoms with E-state index in [0.717, 1.165) is 12.1 Å². The Morgan fingerprint density at radius 3 is 2.62 bits per heavy atom. The number of hydrogen-bond acceptors (Lipinski definition) is 5. The minimum Gasteiger partial charge on any atom is -0.376 e. The van der Waals surface area contributed by atoms with E-state index in [1.807, 2.05) is 0 Å². The van der Waals surface area contributed by atoms with Crippen molar-refractivity contribution < 1.29 is 22.9 Å². The average molecular weight is 366 g/mol. The fraction of sp³-hybridized carbons (Fsp3) is 0.125. The van der Waals surface area contributed by atoms with Crippen LogP contribution in [0.25, 0.3) is 0 Å². The summed E-state index contributed by atoms with van der Waals surface area (Å²) in [5, 5.41) is 16.9. The molecule has 0 saturated heterocycles. The molecule has 0 heterocycles. The molecule has 0 saturated carbocycles. The molecule has 7 nitrogen and oxygen atoms in total. The van der Waals surface area contributed by atoms with Gasteiger partial charge in [0.15, 0.2) is 0 Å². The van der Waals surface area contributed by atoms with Crippen molar-refractivity contribution in [2.45, 2.75) is 6.18 Å². The minimum absolute atomic E-state index is 0.119. The zero-order chi connectivity index (χ0) is 19.2. The van der Waals surface area contributed by atoms with Crippen LogP contribution in [0.2, 0.25) is 0 Å². The second-order valence-electron chi connectivity index (χ2n) is 5.08. The number of nitrogens with one attached hydrogen (secondary N) is 2. The van der Waals surface area contributed by atoms with E-state index in [9.17, 15) is 28.1 Å². The molecular formula is C16H13F3N4O3. The van der Waals surface area contributed by atoms with E-state index in [1.165, 1.54) is 36.5 Å². The molecule has 0 radical (unpaired) electrons. The fourth-order valence-corrected chi connectivity index (χ4v) is 1.92.